The summed E-state index contributed by atoms with van der Waals surface area (Å²) < 4.78 is 0.725. The number of hydrogen-bond acceptors (Lipinski definition) is 1. The van der Waals surface area contributed by atoms with Crippen molar-refractivity contribution in [1.29, 1.82) is 0 Å². The third kappa shape index (κ3) is 2.22. The van der Waals surface area contributed by atoms with E-state index < -0.39 is 0 Å². The van der Waals surface area contributed by atoms with Gasteiger partial charge in [-0.15, -0.1) is 0 Å². The topological polar surface area (TPSA) is 31.6 Å². The molecule has 1 aromatic rings. The average molecular weight is 168 g/mol. The van der Waals surface area contributed by atoms with E-state index in [0.717, 1.165) is 4.77 Å². The molecule has 2 N–H and O–H groups in total. The van der Waals surface area contributed by atoms with Gasteiger partial charge in [-0.05, 0) is 18.0 Å². The molecule has 1 aromatic heterocycles. The van der Waals surface area contributed by atoms with Crippen LogP contribution in [0.4, 0.5) is 0 Å². The highest BCUT2D eigenvalue weighted by Gasteiger charge is 2.04. The van der Waals surface area contributed by atoms with E-state index in [0.29, 0.717) is 5.82 Å². The lowest BCUT2D eigenvalue weighted by atomic mass is 9.81. The van der Waals surface area contributed by atoms with Gasteiger partial charge in [-0.2, -0.15) is 0 Å². The van der Waals surface area contributed by atoms with Crippen molar-refractivity contribution in [3.05, 3.63) is 16.7 Å². The van der Waals surface area contributed by atoms with Crippen LogP contribution in [0.5, 0.6) is 0 Å². The van der Waals surface area contributed by atoms with E-state index in [1.165, 1.54) is 18.5 Å². The largest absolute Gasteiger partial charge is 0.337 e. The molecule has 0 amide bonds. The molecular formula is C7H13BN2S. The molecule has 1 unspecified atom stereocenters. The fraction of sp³-hybridized carbons (Fsp3) is 0.571. The Morgan fingerprint density at radius 2 is 2.45 bits per heavy atom. The molecule has 0 aromatic carbocycles. The van der Waals surface area contributed by atoms with Gasteiger partial charge in [0.2, 0.25) is 0 Å². The molecule has 0 fully saturated rings. The number of rotatable bonds is 3. The van der Waals surface area contributed by atoms with Gasteiger partial charge in [0.25, 0.3) is 0 Å². The standard InChI is InChI=1S/C7H13BN2S/c1-2-3-5(8)6-4-9-7(11)10-6/h4-5H,2-3,8H2,1H3,(H2,9,10,11). The summed E-state index contributed by atoms with van der Waals surface area (Å²) in [6.07, 6.45) is 4.39. The molecule has 1 atom stereocenters. The zero-order valence-electron chi connectivity index (χ0n) is 6.98. The van der Waals surface area contributed by atoms with Gasteiger partial charge in [-0.1, -0.05) is 19.8 Å². The minimum absolute atomic E-state index is 0.591. The van der Waals surface area contributed by atoms with E-state index in [2.05, 4.69) is 24.7 Å². The summed E-state index contributed by atoms with van der Waals surface area (Å²) in [4.78, 5) is 6.09. The first-order chi connectivity index (χ1) is 5.24. The Bertz CT molecular complexity index is 265. The summed E-state index contributed by atoms with van der Waals surface area (Å²) in [5.41, 5.74) is 1.22. The normalized spacial score (nSPS) is 13.2. The van der Waals surface area contributed by atoms with Crippen LogP contribution in [0.1, 0.15) is 31.3 Å². The number of imidazole rings is 1. The maximum atomic E-state index is 4.93. The smallest absolute Gasteiger partial charge is 0.174 e. The molecule has 0 saturated heterocycles. The highest BCUT2D eigenvalue weighted by molar-refractivity contribution is 7.71. The maximum absolute atomic E-state index is 4.93. The third-order valence-electron chi connectivity index (χ3n) is 1.87. The van der Waals surface area contributed by atoms with Crippen LogP contribution >= 0.6 is 12.2 Å². The molecule has 0 radical (unpaired) electrons. The summed E-state index contributed by atoms with van der Waals surface area (Å²) in [7, 11) is 2.21. The van der Waals surface area contributed by atoms with E-state index in [9.17, 15) is 0 Å². The van der Waals surface area contributed by atoms with Crippen molar-refractivity contribution in [3.8, 4) is 0 Å². The summed E-state index contributed by atoms with van der Waals surface area (Å²) >= 11 is 4.93. The second kappa shape index (κ2) is 3.76. The molecule has 0 aliphatic carbocycles. The Hall–Kier alpha value is -0.505. The number of aromatic nitrogens is 2. The molecule has 2 nitrogen and oxygen atoms in total. The molecule has 4 heteroatoms. The minimum Gasteiger partial charge on any atom is -0.337 e. The summed E-state index contributed by atoms with van der Waals surface area (Å²) in [6.45, 7) is 2.19. The predicted octanol–water partition coefficient (Wildman–Crippen LogP) is 1.55. The van der Waals surface area contributed by atoms with Crippen LogP contribution < -0.4 is 0 Å². The predicted molar refractivity (Wildman–Crippen MR) is 52.2 cm³/mol. The second-order valence-corrected chi connectivity index (χ2v) is 3.30. The van der Waals surface area contributed by atoms with E-state index in [1.54, 1.807) is 0 Å². The molecule has 60 valence electrons. The van der Waals surface area contributed by atoms with Gasteiger partial charge in [0.05, 0.1) is 0 Å². The van der Waals surface area contributed by atoms with Crippen molar-refractivity contribution in [2.75, 3.05) is 0 Å². The molecule has 1 heterocycles. The first kappa shape index (κ1) is 8.59. The van der Waals surface area contributed by atoms with Crippen LogP contribution in [0.25, 0.3) is 0 Å². The van der Waals surface area contributed by atoms with Crippen LogP contribution in [0, 0.1) is 4.77 Å². The van der Waals surface area contributed by atoms with Gasteiger partial charge >= 0.3 is 0 Å². The van der Waals surface area contributed by atoms with Gasteiger partial charge in [0.1, 0.15) is 7.85 Å². The molecule has 0 aliphatic rings. The number of H-pyrrole nitrogens is 2. The minimum atomic E-state index is 0.591. The van der Waals surface area contributed by atoms with Crippen LogP contribution in [0.3, 0.4) is 0 Å². The van der Waals surface area contributed by atoms with E-state index >= 15 is 0 Å². The Morgan fingerprint density at radius 3 is 2.91 bits per heavy atom. The summed E-state index contributed by atoms with van der Waals surface area (Å²) in [5.74, 6) is 0.591. The Balaban J connectivity index is 2.68. The second-order valence-electron chi connectivity index (χ2n) is 2.89. The lowest BCUT2D eigenvalue weighted by Crippen LogP contribution is -1.97. The number of nitrogens with one attached hydrogen (secondary N) is 2. The Labute approximate surface area is 72.8 Å². The summed E-state index contributed by atoms with van der Waals surface area (Å²) in [5, 5.41) is 0. The average Bonchev–Trinajstić information content (AvgIpc) is 2.36. The molecule has 0 spiro atoms. The van der Waals surface area contributed by atoms with Gasteiger partial charge in [-0.25, -0.2) is 0 Å². The van der Waals surface area contributed by atoms with Crippen molar-refractivity contribution >= 4 is 20.1 Å². The quantitative estimate of drug-likeness (QED) is 0.520. The first-order valence-electron chi connectivity index (χ1n) is 4.01. The van der Waals surface area contributed by atoms with Crippen LogP contribution in [-0.2, 0) is 0 Å². The SMILES string of the molecule is BC(CCC)c1c[nH]c(=S)[nH]1. The van der Waals surface area contributed by atoms with Gasteiger partial charge in [0.15, 0.2) is 4.77 Å². The molecule has 0 saturated carbocycles. The maximum Gasteiger partial charge on any atom is 0.174 e. The molecular weight excluding hydrogens is 155 g/mol. The van der Waals surface area contributed by atoms with Crippen molar-refractivity contribution in [2.24, 2.45) is 0 Å². The van der Waals surface area contributed by atoms with Crippen molar-refractivity contribution in [3.63, 3.8) is 0 Å². The monoisotopic (exact) mass is 168 g/mol. The molecule has 11 heavy (non-hydrogen) atoms. The van der Waals surface area contributed by atoms with E-state index in [1.807, 2.05) is 6.20 Å². The van der Waals surface area contributed by atoms with Gasteiger partial charge < -0.3 is 9.97 Å². The lowest BCUT2D eigenvalue weighted by Gasteiger charge is -2.05. The van der Waals surface area contributed by atoms with Crippen LogP contribution in [0.2, 0.25) is 0 Å². The van der Waals surface area contributed by atoms with Crippen LogP contribution in [0.15, 0.2) is 6.20 Å². The van der Waals surface area contributed by atoms with Crippen LogP contribution in [-0.4, -0.2) is 17.8 Å². The zero-order chi connectivity index (χ0) is 8.27. The zero-order valence-corrected chi connectivity index (χ0v) is 7.79. The fourth-order valence-electron chi connectivity index (χ4n) is 1.20. The highest BCUT2D eigenvalue weighted by Crippen LogP contribution is 2.13. The summed E-state index contributed by atoms with van der Waals surface area (Å²) in [6, 6.07) is 0. The Morgan fingerprint density at radius 1 is 1.73 bits per heavy atom. The van der Waals surface area contributed by atoms with Gasteiger partial charge in [-0.3, -0.25) is 0 Å². The van der Waals surface area contributed by atoms with Gasteiger partial charge in [0, 0.05) is 11.9 Å². The third-order valence-corrected chi connectivity index (χ3v) is 2.09. The van der Waals surface area contributed by atoms with E-state index in [4.69, 9.17) is 12.2 Å². The Kier molecular flexibility index (Phi) is 2.94. The molecule has 0 bridgehead atoms. The lowest BCUT2D eigenvalue weighted by molar-refractivity contribution is 0.754. The van der Waals surface area contributed by atoms with Crippen molar-refractivity contribution in [1.82, 2.24) is 9.97 Å². The van der Waals surface area contributed by atoms with E-state index in [-0.39, 0.29) is 0 Å². The number of aromatic amines is 2. The molecule has 1 rings (SSSR count). The number of hydrogen-bond donors (Lipinski definition) is 2. The first-order valence-corrected chi connectivity index (χ1v) is 4.42. The molecule has 0 aliphatic heterocycles. The highest BCUT2D eigenvalue weighted by atomic mass is 32.1. The van der Waals surface area contributed by atoms with Crippen molar-refractivity contribution < 1.29 is 0 Å². The fourth-order valence-corrected chi connectivity index (χ4v) is 1.38. The van der Waals surface area contributed by atoms with Crippen molar-refractivity contribution in [2.45, 2.75) is 25.6 Å².